The first-order chi connectivity index (χ1) is 24.0. The molecule has 2 unspecified atom stereocenters. The molecule has 0 bridgehead atoms. The number of unbranched alkanes of at least 4 members (excludes halogenated alkanes) is 12. The van der Waals surface area contributed by atoms with Crippen molar-refractivity contribution < 1.29 is 38.9 Å². The second-order valence-corrected chi connectivity index (χ2v) is 13.2. The fourth-order valence-electron chi connectivity index (χ4n) is 4.64. The van der Waals surface area contributed by atoms with Gasteiger partial charge in [-0.15, -0.1) is 0 Å². The molecular formula is C38H66N4O8. The van der Waals surface area contributed by atoms with E-state index in [1.54, 1.807) is 0 Å². The van der Waals surface area contributed by atoms with Crippen molar-refractivity contribution in [3.63, 3.8) is 0 Å². The maximum absolute atomic E-state index is 11.9. The third-order valence-electron chi connectivity index (χ3n) is 7.58. The Kier molecular flexibility index (Phi) is 30.9. The van der Waals surface area contributed by atoms with E-state index in [1.165, 1.54) is 0 Å². The van der Waals surface area contributed by atoms with Gasteiger partial charge in [0.15, 0.2) is 0 Å². The van der Waals surface area contributed by atoms with Crippen molar-refractivity contribution in [1.82, 2.24) is 20.4 Å². The number of ether oxygens (including phenoxy) is 2. The topological polar surface area (TPSA) is 158 Å². The van der Waals surface area contributed by atoms with Crippen molar-refractivity contribution in [2.24, 2.45) is 0 Å². The first-order valence-electron chi connectivity index (χ1n) is 18.5. The zero-order chi connectivity index (χ0) is 37.2. The van der Waals surface area contributed by atoms with Gasteiger partial charge in [0, 0.05) is 51.9 Å². The molecule has 0 aromatic carbocycles. The lowest BCUT2D eigenvalue weighted by Crippen LogP contribution is -2.34. The highest BCUT2D eigenvalue weighted by Crippen LogP contribution is 2.10. The highest BCUT2D eigenvalue weighted by Gasteiger charge is 2.14. The number of aliphatic hydroxyl groups is 2. The number of carbonyl (C=O) groups excluding carboxylic acids is 4. The van der Waals surface area contributed by atoms with Crippen LogP contribution in [0.15, 0.2) is 0 Å². The number of nitrogens with one attached hydrogen (secondary N) is 2. The molecule has 0 aromatic heterocycles. The molecule has 12 nitrogen and oxygen atoms in total. The summed E-state index contributed by atoms with van der Waals surface area (Å²) in [5.41, 5.74) is 0. The minimum absolute atomic E-state index is 0.0809. The van der Waals surface area contributed by atoms with E-state index in [-0.39, 0.29) is 49.8 Å². The van der Waals surface area contributed by atoms with E-state index in [1.807, 2.05) is 38.0 Å². The molecule has 50 heavy (non-hydrogen) atoms. The number of nitrogens with zero attached hydrogens (tertiary/aromatic N) is 2. The van der Waals surface area contributed by atoms with Gasteiger partial charge in [-0.1, -0.05) is 63.2 Å². The summed E-state index contributed by atoms with van der Waals surface area (Å²) in [7, 11) is 7.65. The van der Waals surface area contributed by atoms with Crippen LogP contribution >= 0.6 is 0 Å². The van der Waals surface area contributed by atoms with E-state index < -0.39 is 12.2 Å². The van der Waals surface area contributed by atoms with Crippen LogP contribution in [-0.4, -0.2) is 124 Å². The van der Waals surface area contributed by atoms with Crippen LogP contribution in [0, 0.1) is 23.7 Å². The SMILES string of the molecule is CN(C)CCNC(=O)CC(O)COC(=O)CCCCCCCCC#CC#CCCCCCCCCC(=O)OCC(O)CC(=O)NCCN(C)C. The number of esters is 2. The monoisotopic (exact) mass is 706 g/mol. The van der Waals surface area contributed by atoms with Gasteiger partial charge in [-0.3, -0.25) is 19.2 Å². The molecule has 0 spiro atoms. The Hall–Kier alpha value is -3.16. The Morgan fingerprint density at radius 2 is 0.900 bits per heavy atom. The van der Waals surface area contributed by atoms with Crippen molar-refractivity contribution >= 4 is 23.8 Å². The van der Waals surface area contributed by atoms with Crippen LogP contribution in [0.1, 0.15) is 116 Å². The van der Waals surface area contributed by atoms with Gasteiger partial charge in [0.05, 0.1) is 25.0 Å². The molecule has 0 rings (SSSR count). The Balaban J connectivity index is 3.57. The zero-order valence-corrected chi connectivity index (χ0v) is 31.4. The fourth-order valence-corrected chi connectivity index (χ4v) is 4.64. The Labute approximate surface area is 301 Å². The number of hydrogen-bond donors (Lipinski definition) is 4. The molecule has 0 aromatic rings. The largest absolute Gasteiger partial charge is 0.463 e. The van der Waals surface area contributed by atoms with Crippen LogP contribution in [0.3, 0.4) is 0 Å². The first-order valence-corrected chi connectivity index (χ1v) is 18.5. The molecule has 0 saturated carbocycles. The summed E-state index contributed by atoms with van der Waals surface area (Å²) in [5.74, 6) is 10.9. The van der Waals surface area contributed by atoms with E-state index in [9.17, 15) is 29.4 Å². The van der Waals surface area contributed by atoms with Crippen LogP contribution in [0.5, 0.6) is 0 Å². The zero-order valence-electron chi connectivity index (χ0n) is 31.4. The molecule has 0 heterocycles. The molecule has 0 saturated heterocycles. The van der Waals surface area contributed by atoms with Gasteiger partial charge >= 0.3 is 11.9 Å². The molecule has 0 fully saturated rings. The highest BCUT2D eigenvalue weighted by molar-refractivity contribution is 5.77. The lowest BCUT2D eigenvalue weighted by atomic mass is 10.1. The summed E-state index contributed by atoms with van der Waals surface area (Å²) in [4.78, 5) is 51.1. The average molecular weight is 707 g/mol. The second kappa shape index (κ2) is 33.0. The normalized spacial score (nSPS) is 11.9. The van der Waals surface area contributed by atoms with Crippen LogP contribution in [0.25, 0.3) is 0 Å². The third kappa shape index (κ3) is 34.7. The molecule has 0 aliphatic rings. The number of hydrogen-bond acceptors (Lipinski definition) is 10. The summed E-state index contributed by atoms with van der Waals surface area (Å²) in [5, 5.41) is 25.2. The minimum Gasteiger partial charge on any atom is -0.463 e. The maximum Gasteiger partial charge on any atom is 0.305 e. The molecule has 2 atom stereocenters. The van der Waals surface area contributed by atoms with Gasteiger partial charge in [0.2, 0.25) is 11.8 Å². The summed E-state index contributed by atoms with van der Waals surface area (Å²) >= 11 is 0. The van der Waals surface area contributed by atoms with Gasteiger partial charge in [0.25, 0.3) is 0 Å². The van der Waals surface area contributed by atoms with Crippen LogP contribution in [-0.2, 0) is 28.7 Å². The van der Waals surface area contributed by atoms with Gasteiger partial charge in [-0.25, -0.2) is 0 Å². The predicted octanol–water partition coefficient (Wildman–Crippen LogP) is 3.18. The van der Waals surface area contributed by atoms with Crippen LogP contribution in [0.2, 0.25) is 0 Å². The van der Waals surface area contributed by atoms with Crippen molar-refractivity contribution in [1.29, 1.82) is 0 Å². The lowest BCUT2D eigenvalue weighted by molar-refractivity contribution is -0.148. The van der Waals surface area contributed by atoms with Crippen LogP contribution < -0.4 is 10.6 Å². The maximum atomic E-state index is 11.9. The molecule has 0 aliphatic carbocycles. The van der Waals surface area contributed by atoms with Crippen molar-refractivity contribution in [2.45, 2.75) is 128 Å². The average Bonchev–Trinajstić information content (AvgIpc) is 3.05. The van der Waals surface area contributed by atoms with E-state index in [0.29, 0.717) is 25.9 Å². The highest BCUT2D eigenvalue weighted by atomic mass is 16.5. The van der Waals surface area contributed by atoms with E-state index in [4.69, 9.17) is 9.47 Å². The fraction of sp³-hybridized carbons (Fsp3) is 0.789. The third-order valence-corrected chi connectivity index (χ3v) is 7.58. The van der Waals surface area contributed by atoms with Crippen molar-refractivity contribution in [2.75, 3.05) is 67.6 Å². The molecule has 12 heteroatoms. The van der Waals surface area contributed by atoms with Gasteiger partial charge in [-0.2, -0.15) is 0 Å². The van der Waals surface area contributed by atoms with Crippen molar-refractivity contribution in [3.8, 4) is 23.7 Å². The first kappa shape index (κ1) is 46.8. The van der Waals surface area contributed by atoms with Gasteiger partial charge in [-0.05, 0) is 65.7 Å². The summed E-state index contributed by atoms with van der Waals surface area (Å²) in [6, 6.07) is 0. The molecule has 2 amide bonds. The minimum atomic E-state index is -0.992. The predicted molar refractivity (Wildman–Crippen MR) is 196 cm³/mol. The molecule has 0 radical (unpaired) electrons. The number of likely N-dealkylation sites (N-methyl/N-ethyl adjacent to an activating group) is 2. The summed E-state index contributed by atoms with van der Waals surface area (Å²) in [6.07, 6.45) is 12.1. The quantitative estimate of drug-likeness (QED) is 0.0497. The lowest BCUT2D eigenvalue weighted by Gasteiger charge is -2.13. The van der Waals surface area contributed by atoms with E-state index in [0.717, 1.165) is 103 Å². The van der Waals surface area contributed by atoms with E-state index >= 15 is 0 Å². The smallest absolute Gasteiger partial charge is 0.305 e. The molecule has 0 aliphatic heterocycles. The molecule has 286 valence electrons. The summed E-state index contributed by atoms with van der Waals surface area (Å²) < 4.78 is 10.2. The Morgan fingerprint density at radius 1 is 0.560 bits per heavy atom. The van der Waals surface area contributed by atoms with Crippen molar-refractivity contribution in [3.05, 3.63) is 0 Å². The van der Waals surface area contributed by atoms with E-state index in [2.05, 4.69) is 34.3 Å². The Morgan fingerprint density at radius 3 is 1.26 bits per heavy atom. The second-order valence-electron chi connectivity index (χ2n) is 13.2. The standard InChI is InChI=1S/C38H66N4O8/c1-41(2)27-25-39-35(45)29-33(43)31-49-37(47)23-21-19-17-15-13-11-9-7-5-6-8-10-12-14-16-18-20-22-24-38(48)50-32-34(44)30-36(46)40-26-28-42(3)4/h33-34,43-44H,9-32H2,1-4H3,(H,39,45)(H,40,46). The van der Waals surface area contributed by atoms with Gasteiger partial charge < -0.3 is 40.1 Å². The number of carbonyl (C=O) groups is 4. The Bertz CT molecular complexity index is 963. The number of aliphatic hydroxyl groups excluding tert-OH is 2. The van der Waals surface area contributed by atoms with Crippen LogP contribution in [0.4, 0.5) is 0 Å². The van der Waals surface area contributed by atoms with Gasteiger partial charge in [0.1, 0.15) is 13.2 Å². The molecule has 4 N–H and O–H groups in total. The molecular weight excluding hydrogens is 640 g/mol. The summed E-state index contributed by atoms with van der Waals surface area (Å²) in [6.45, 7) is 2.14. The number of amides is 2. The number of rotatable bonds is 30.